The molecule has 0 aromatic rings. The summed E-state index contributed by atoms with van der Waals surface area (Å²) in [5.41, 5.74) is 0. The molecule has 0 saturated heterocycles. The molecule has 0 spiro atoms. The molecule has 0 aromatic heterocycles. The minimum absolute atomic E-state index is 0.0156. The molecule has 14 heavy (non-hydrogen) atoms. The molecule has 0 N–H and O–H groups in total. The number of carbonyl (C=O) groups excluding carboxylic acids is 1. The van der Waals surface area contributed by atoms with Crippen LogP contribution in [0.1, 0.15) is 39.0 Å². The Bertz CT molecular complexity index is 201. The van der Waals surface area contributed by atoms with Crippen LogP contribution in [0.5, 0.6) is 0 Å². The quantitative estimate of drug-likeness (QED) is 0.517. The SMILES string of the molecule is CCSC(=O)OC1/C=C/CCCCC1. The molecule has 0 aliphatic heterocycles. The van der Waals surface area contributed by atoms with Crippen molar-refractivity contribution in [2.75, 3.05) is 5.75 Å². The van der Waals surface area contributed by atoms with Crippen molar-refractivity contribution < 1.29 is 9.53 Å². The van der Waals surface area contributed by atoms with Crippen molar-refractivity contribution in [3.05, 3.63) is 12.2 Å². The van der Waals surface area contributed by atoms with Crippen molar-refractivity contribution in [3.63, 3.8) is 0 Å². The van der Waals surface area contributed by atoms with Gasteiger partial charge in [0.2, 0.25) is 0 Å². The topological polar surface area (TPSA) is 26.3 Å². The maximum absolute atomic E-state index is 11.2. The number of hydrogen-bond donors (Lipinski definition) is 0. The number of rotatable bonds is 2. The number of carbonyl (C=O) groups is 1. The van der Waals surface area contributed by atoms with Crippen LogP contribution in [0.4, 0.5) is 4.79 Å². The predicted molar refractivity (Wildman–Crippen MR) is 60.6 cm³/mol. The third-order valence-corrected chi connectivity index (χ3v) is 2.84. The lowest BCUT2D eigenvalue weighted by atomic mass is 10.0. The van der Waals surface area contributed by atoms with Crippen molar-refractivity contribution in [1.29, 1.82) is 0 Å². The van der Waals surface area contributed by atoms with Crippen LogP contribution >= 0.6 is 11.8 Å². The molecular formula is C11H18O2S. The number of allylic oxidation sites excluding steroid dienone is 1. The molecule has 1 aliphatic carbocycles. The lowest BCUT2D eigenvalue weighted by Gasteiger charge is -2.15. The van der Waals surface area contributed by atoms with Crippen LogP contribution in [0, 0.1) is 0 Å². The van der Waals surface area contributed by atoms with E-state index in [2.05, 4.69) is 6.08 Å². The van der Waals surface area contributed by atoms with Gasteiger partial charge in [-0.05, 0) is 43.5 Å². The molecule has 0 heterocycles. The van der Waals surface area contributed by atoms with E-state index >= 15 is 0 Å². The largest absolute Gasteiger partial charge is 0.450 e. The van der Waals surface area contributed by atoms with E-state index in [0.717, 1.165) is 18.6 Å². The normalized spacial score (nSPS) is 24.8. The molecule has 0 bridgehead atoms. The van der Waals surface area contributed by atoms with Crippen molar-refractivity contribution in [1.82, 2.24) is 0 Å². The average Bonchev–Trinajstić information content (AvgIpc) is 2.10. The van der Waals surface area contributed by atoms with Gasteiger partial charge in [-0.1, -0.05) is 19.4 Å². The standard InChI is InChI=1S/C11H18O2S/c1-2-14-11(12)13-10-8-6-4-3-5-7-9-10/h6,8,10H,2-5,7,9H2,1H3/b8-6+. The molecule has 0 amide bonds. The molecule has 0 fully saturated rings. The smallest absolute Gasteiger partial charge is 0.367 e. The zero-order valence-corrected chi connectivity index (χ0v) is 9.52. The summed E-state index contributed by atoms with van der Waals surface area (Å²) < 4.78 is 5.30. The molecule has 3 heteroatoms. The summed E-state index contributed by atoms with van der Waals surface area (Å²) in [5.74, 6) is 0.787. The van der Waals surface area contributed by atoms with Gasteiger partial charge in [0, 0.05) is 5.75 Å². The minimum atomic E-state index is -0.136. The monoisotopic (exact) mass is 214 g/mol. The van der Waals surface area contributed by atoms with Gasteiger partial charge in [0.1, 0.15) is 6.10 Å². The zero-order valence-electron chi connectivity index (χ0n) is 8.70. The van der Waals surface area contributed by atoms with Crippen molar-refractivity contribution in [2.24, 2.45) is 0 Å². The lowest BCUT2D eigenvalue weighted by Crippen LogP contribution is -2.13. The van der Waals surface area contributed by atoms with Crippen LogP contribution in [0.25, 0.3) is 0 Å². The van der Waals surface area contributed by atoms with Gasteiger partial charge in [-0.2, -0.15) is 0 Å². The fraction of sp³-hybridized carbons (Fsp3) is 0.727. The van der Waals surface area contributed by atoms with Crippen LogP contribution < -0.4 is 0 Å². The van der Waals surface area contributed by atoms with E-state index in [0.29, 0.717) is 0 Å². The minimum Gasteiger partial charge on any atom is -0.450 e. The fourth-order valence-corrected chi connectivity index (χ4v) is 1.93. The fourth-order valence-electron chi connectivity index (χ4n) is 1.50. The van der Waals surface area contributed by atoms with E-state index < -0.39 is 0 Å². The molecule has 0 radical (unpaired) electrons. The Morgan fingerprint density at radius 3 is 3.14 bits per heavy atom. The van der Waals surface area contributed by atoms with Crippen LogP contribution in [0.15, 0.2) is 12.2 Å². The van der Waals surface area contributed by atoms with E-state index in [9.17, 15) is 4.79 Å². The maximum Gasteiger partial charge on any atom is 0.367 e. The third kappa shape index (κ3) is 4.70. The first kappa shape index (κ1) is 11.6. The molecule has 0 saturated carbocycles. The van der Waals surface area contributed by atoms with Gasteiger partial charge in [0.25, 0.3) is 0 Å². The summed E-state index contributed by atoms with van der Waals surface area (Å²) in [5, 5.41) is -0.136. The summed E-state index contributed by atoms with van der Waals surface area (Å²) in [6, 6.07) is 0. The zero-order chi connectivity index (χ0) is 10.2. The highest BCUT2D eigenvalue weighted by atomic mass is 32.2. The Hall–Kier alpha value is -0.440. The van der Waals surface area contributed by atoms with Gasteiger partial charge >= 0.3 is 5.30 Å². The molecular weight excluding hydrogens is 196 g/mol. The summed E-state index contributed by atoms with van der Waals surface area (Å²) >= 11 is 1.24. The van der Waals surface area contributed by atoms with Crippen LogP contribution in [-0.4, -0.2) is 17.2 Å². The summed E-state index contributed by atoms with van der Waals surface area (Å²) in [7, 11) is 0. The highest BCUT2D eigenvalue weighted by Gasteiger charge is 2.11. The number of hydrogen-bond acceptors (Lipinski definition) is 3. The van der Waals surface area contributed by atoms with Crippen LogP contribution in [-0.2, 0) is 4.74 Å². The van der Waals surface area contributed by atoms with Gasteiger partial charge in [0.15, 0.2) is 0 Å². The highest BCUT2D eigenvalue weighted by Crippen LogP contribution is 2.16. The second-order valence-electron chi connectivity index (χ2n) is 3.41. The van der Waals surface area contributed by atoms with E-state index in [-0.39, 0.29) is 11.4 Å². The first-order valence-corrected chi connectivity index (χ1v) is 6.31. The van der Waals surface area contributed by atoms with Gasteiger partial charge < -0.3 is 4.74 Å². The van der Waals surface area contributed by atoms with Crippen molar-refractivity contribution >= 4 is 17.1 Å². The molecule has 1 atom stereocenters. The Morgan fingerprint density at radius 2 is 2.36 bits per heavy atom. The highest BCUT2D eigenvalue weighted by molar-refractivity contribution is 8.13. The molecule has 1 aliphatic rings. The second kappa shape index (κ2) is 6.93. The summed E-state index contributed by atoms with van der Waals surface area (Å²) in [6.45, 7) is 1.96. The average molecular weight is 214 g/mol. The molecule has 2 nitrogen and oxygen atoms in total. The van der Waals surface area contributed by atoms with E-state index in [4.69, 9.17) is 4.74 Å². The Morgan fingerprint density at radius 1 is 1.50 bits per heavy atom. The number of thioether (sulfide) groups is 1. The van der Waals surface area contributed by atoms with Crippen molar-refractivity contribution in [2.45, 2.75) is 45.1 Å². The van der Waals surface area contributed by atoms with E-state index in [1.165, 1.54) is 31.0 Å². The van der Waals surface area contributed by atoms with Crippen LogP contribution in [0.2, 0.25) is 0 Å². The second-order valence-corrected chi connectivity index (χ2v) is 4.60. The van der Waals surface area contributed by atoms with Gasteiger partial charge in [-0.15, -0.1) is 0 Å². The first-order valence-electron chi connectivity index (χ1n) is 5.33. The molecule has 1 unspecified atom stereocenters. The first-order chi connectivity index (χ1) is 6.83. The predicted octanol–water partition coefficient (Wildman–Crippen LogP) is 3.77. The Kier molecular flexibility index (Phi) is 5.76. The van der Waals surface area contributed by atoms with Crippen LogP contribution in [0.3, 0.4) is 0 Å². The van der Waals surface area contributed by atoms with Gasteiger partial charge in [0.05, 0.1) is 0 Å². The Labute approximate surface area is 90.1 Å². The number of ether oxygens (including phenoxy) is 1. The maximum atomic E-state index is 11.2. The summed E-state index contributed by atoms with van der Waals surface area (Å²) in [6.07, 6.45) is 9.96. The molecule has 80 valence electrons. The lowest BCUT2D eigenvalue weighted by molar-refractivity contribution is 0.140. The van der Waals surface area contributed by atoms with Gasteiger partial charge in [-0.3, -0.25) is 0 Å². The van der Waals surface area contributed by atoms with Crippen molar-refractivity contribution in [3.8, 4) is 0 Å². The molecule has 1 rings (SSSR count). The van der Waals surface area contributed by atoms with E-state index in [1.54, 1.807) is 0 Å². The summed E-state index contributed by atoms with van der Waals surface area (Å²) in [4.78, 5) is 11.2. The van der Waals surface area contributed by atoms with E-state index in [1.807, 2.05) is 13.0 Å². The third-order valence-electron chi connectivity index (χ3n) is 2.22. The molecule has 0 aromatic carbocycles. The van der Waals surface area contributed by atoms with Gasteiger partial charge in [-0.25, -0.2) is 4.79 Å². The Balaban J connectivity index is 2.33.